The van der Waals surface area contributed by atoms with E-state index in [1.54, 1.807) is 40.4 Å². The van der Waals surface area contributed by atoms with Crippen LogP contribution in [0.3, 0.4) is 0 Å². The van der Waals surface area contributed by atoms with E-state index in [0.29, 0.717) is 89.8 Å². The number of nitrogens with two attached hydrogens (primary N) is 1. The first kappa shape index (κ1) is 59.4. The van der Waals surface area contributed by atoms with Gasteiger partial charge in [0.05, 0.1) is 45.2 Å². The zero-order chi connectivity index (χ0) is 57.6. The molecule has 8 aromatic rings. The van der Waals surface area contributed by atoms with Crippen LogP contribution in [0.1, 0.15) is 46.4 Å². The standard InChI is InChI=1S/C30H31ClFN7O2.C24H22ClFN6O.C4H4BrClO/c1-38(2)13-5-8-27(40)36-26-10-9-19(16-24(26)32)29(41)39-14-11-20(12-15-39)35-30-34-18-23(31)28(37-30)22-17-33-25-7-4-3-6-21(22)25;25-18-13-29-24(31-22(18)17-12-28-21-4-2-1-3-16(17)21)30-15-7-9-32(10-8-15)23(33)14-5-6-20(27)19(26)11-14;5-3-1-2-4(6)7/h3-10,16-18,20,33H,11-15H2,1-2H3,(H,36,40)(H,34,35,37);1-6,11-13,15,28H,7-10,27H2,(H,29,30,31);1-2H,3H2/b8-5+;;2-1+. The number of likely N-dealkylation sites (tertiary alicyclic amines) is 2. The van der Waals surface area contributed by atoms with Gasteiger partial charge in [-0.25, -0.2) is 28.7 Å². The number of amides is 3. The van der Waals surface area contributed by atoms with Crippen molar-refractivity contribution in [2.24, 2.45) is 0 Å². The maximum atomic E-state index is 14.7. The number of halogens is 6. The molecule has 2 saturated heterocycles. The summed E-state index contributed by atoms with van der Waals surface area (Å²) in [5, 5.41) is 12.5. The smallest absolute Gasteiger partial charge is 0.253 e. The number of alkyl halides is 1. The summed E-state index contributed by atoms with van der Waals surface area (Å²) in [6.45, 7) is 2.68. The lowest BCUT2D eigenvalue weighted by Gasteiger charge is -2.32. The minimum atomic E-state index is -0.660. The van der Waals surface area contributed by atoms with Crippen molar-refractivity contribution in [1.29, 1.82) is 0 Å². The summed E-state index contributed by atoms with van der Waals surface area (Å²) in [6, 6.07) is 24.3. The molecule has 0 aliphatic carbocycles. The van der Waals surface area contributed by atoms with Gasteiger partial charge in [0.1, 0.15) is 11.6 Å². The number of aromatic nitrogens is 6. The maximum absolute atomic E-state index is 14.7. The van der Waals surface area contributed by atoms with Crippen LogP contribution in [0.5, 0.6) is 0 Å². The summed E-state index contributed by atoms with van der Waals surface area (Å²) in [7, 11) is 3.76. The highest BCUT2D eigenvalue weighted by molar-refractivity contribution is 9.09. The zero-order valence-electron chi connectivity index (χ0n) is 44.0. The Labute approximate surface area is 489 Å². The van der Waals surface area contributed by atoms with Crippen molar-refractivity contribution in [1.82, 2.24) is 44.6 Å². The lowest BCUT2D eigenvalue weighted by molar-refractivity contribution is -0.112. The molecule has 2 fully saturated rings. The average Bonchev–Trinajstić information content (AvgIpc) is 4.19. The molecule has 81 heavy (non-hydrogen) atoms. The topological polar surface area (TPSA) is 223 Å². The Morgan fingerprint density at radius 3 is 1.63 bits per heavy atom. The van der Waals surface area contributed by atoms with Crippen LogP contribution in [0.25, 0.3) is 44.3 Å². The first-order valence-electron chi connectivity index (χ1n) is 25.7. The van der Waals surface area contributed by atoms with Crippen molar-refractivity contribution in [3.05, 3.63) is 167 Å². The monoisotopic (exact) mass is 1220 g/mol. The number of hydrogen-bond donors (Lipinski definition) is 6. The largest absolute Gasteiger partial charge is 0.396 e. The van der Waals surface area contributed by atoms with Crippen LogP contribution >= 0.6 is 50.7 Å². The number of allylic oxidation sites excluding steroid dienone is 2. The Balaban J connectivity index is 0.000000193. The number of nitrogens with one attached hydrogen (secondary N) is 5. The third kappa shape index (κ3) is 15.8. The molecule has 6 heterocycles. The second kappa shape index (κ2) is 28.1. The Morgan fingerprint density at radius 1 is 0.704 bits per heavy atom. The third-order valence-corrected chi connectivity index (χ3v) is 14.3. The summed E-state index contributed by atoms with van der Waals surface area (Å²) in [5.74, 6) is -1.17. The number of para-hydroxylation sites is 2. The molecule has 0 radical (unpaired) electrons. The number of piperidine rings is 2. The predicted octanol–water partition coefficient (Wildman–Crippen LogP) is 11.6. The summed E-state index contributed by atoms with van der Waals surface area (Å²) < 4.78 is 28.4. The van der Waals surface area contributed by atoms with Crippen LogP contribution < -0.4 is 21.7 Å². The molecule has 0 saturated carbocycles. The molecule has 0 unspecified atom stereocenters. The van der Waals surface area contributed by atoms with Crippen molar-refractivity contribution in [2.75, 3.05) is 73.8 Å². The molecule has 2 aliphatic heterocycles. The van der Waals surface area contributed by atoms with E-state index in [4.69, 9.17) is 45.5 Å². The Bertz CT molecular complexity index is 3600. The fourth-order valence-electron chi connectivity index (χ4n) is 9.06. The average molecular weight is 1220 g/mol. The van der Waals surface area contributed by atoms with Crippen LogP contribution in [0, 0.1) is 11.6 Å². The van der Waals surface area contributed by atoms with Crippen LogP contribution in [0.2, 0.25) is 10.0 Å². The van der Waals surface area contributed by atoms with Crippen molar-refractivity contribution in [3.8, 4) is 22.5 Å². The van der Waals surface area contributed by atoms with Gasteiger partial charge in [-0.2, -0.15) is 0 Å². The van der Waals surface area contributed by atoms with Gasteiger partial charge in [0, 0.05) is 113 Å². The highest BCUT2D eigenvalue weighted by atomic mass is 79.9. The number of nitrogen functional groups attached to an aromatic ring is 1. The van der Waals surface area contributed by atoms with Crippen molar-refractivity contribution < 1.29 is 28.0 Å². The van der Waals surface area contributed by atoms with Gasteiger partial charge in [-0.3, -0.25) is 19.2 Å². The molecule has 2 aliphatic rings. The summed E-state index contributed by atoms with van der Waals surface area (Å²) >= 11 is 20.9. The number of hydrogen-bond acceptors (Lipinski definition) is 12. The van der Waals surface area contributed by atoms with Gasteiger partial charge >= 0.3 is 0 Å². The van der Waals surface area contributed by atoms with Gasteiger partial charge in [-0.05, 0) is 106 Å². The fraction of sp³-hybridized carbons (Fsp3) is 0.241. The fourth-order valence-corrected chi connectivity index (χ4v) is 9.72. The second-order valence-corrected chi connectivity index (χ2v) is 21.0. The zero-order valence-corrected chi connectivity index (χ0v) is 47.9. The molecule has 420 valence electrons. The van der Waals surface area contributed by atoms with Gasteiger partial charge in [-0.15, -0.1) is 0 Å². The van der Waals surface area contributed by atoms with Gasteiger partial charge in [0.2, 0.25) is 23.0 Å². The van der Waals surface area contributed by atoms with Gasteiger partial charge in [0.25, 0.3) is 11.8 Å². The van der Waals surface area contributed by atoms with E-state index in [9.17, 15) is 28.0 Å². The predicted molar refractivity (Wildman–Crippen MR) is 321 cm³/mol. The normalized spacial score (nSPS) is 14.0. The molecular formula is C58H57BrCl3F2N13O4. The van der Waals surface area contributed by atoms with E-state index in [1.807, 2.05) is 79.9 Å². The highest BCUT2D eigenvalue weighted by Crippen LogP contribution is 2.34. The van der Waals surface area contributed by atoms with E-state index in [0.717, 1.165) is 45.8 Å². The van der Waals surface area contributed by atoms with E-state index in [1.165, 1.54) is 42.5 Å². The second-order valence-electron chi connectivity index (χ2n) is 19.1. The van der Waals surface area contributed by atoms with Crippen LogP contribution in [0.4, 0.5) is 32.1 Å². The first-order chi connectivity index (χ1) is 39.0. The lowest BCUT2D eigenvalue weighted by atomic mass is 10.0. The molecule has 0 bridgehead atoms. The Hall–Kier alpha value is -7.75. The number of H-pyrrole nitrogens is 2. The number of nitrogens with zero attached hydrogens (tertiary/aromatic N) is 7. The summed E-state index contributed by atoms with van der Waals surface area (Å²) in [4.78, 5) is 77.6. The van der Waals surface area contributed by atoms with Crippen molar-refractivity contribution in [2.45, 2.75) is 37.8 Å². The van der Waals surface area contributed by atoms with Gasteiger partial charge in [0.15, 0.2) is 0 Å². The summed E-state index contributed by atoms with van der Waals surface area (Å²) in [6.07, 6.45) is 15.7. The van der Waals surface area contributed by atoms with Crippen LogP contribution in [-0.4, -0.2) is 132 Å². The number of fused-ring (bicyclic) bond motifs is 2. The number of anilines is 4. The van der Waals surface area contributed by atoms with E-state index in [2.05, 4.69) is 56.8 Å². The van der Waals surface area contributed by atoms with Crippen LogP contribution in [-0.2, 0) is 9.59 Å². The van der Waals surface area contributed by atoms with E-state index < -0.39 is 22.8 Å². The number of aromatic amines is 2. The maximum Gasteiger partial charge on any atom is 0.253 e. The van der Waals surface area contributed by atoms with E-state index >= 15 is 0 Å². The highest BCUT2D eigenvalue weighted by Gasteiger charge is 2.27. The number of carbonyl (C=O) groups excluding carboxylic acids is 4. The minimum Gasteiger partial charge on any atom is -0.396 e. The molecule has 4 aromatic carbocycles. The third-order valence-electron chi connectivity index (χ3n) is 13.2. The SMILES string of the molecule is CN(C)C/C=C/C(=O)Nc1ccc(C(=O)N2CCC(Nc3ncc(Cl)c(-c4c[nH]c5ccccc45)n3)CC2)cc1F.Nc1ccc(C(=O)N2CCC(Nc3ncc(Cl)c(-c4c[nH]c5ccccc45)n3)CC2)cc1F.O=C(Cl)/C=C/CBr. The quantitative estimate of drug-likeness (QED) is 0.0259. The van der Waals surface area contributed by atoms with Crippen LogP contribution in [0.15, 0.2) is 134 Å². The first-order valence-corrected chi connectivity index (χ1v) is 28.0. The minimum absolute atomic E-state index is 0.0268. The lowest BCUT2D eigenvalue weighted by Crippen LogP contribution is -2.42. The summed E-state index contributed by atoms with van der Waals surface area (Å²) in [5.41, 5.74) is 11.2. The molecule has 10 rings (SSSR count). The van der Waals surface area contributed by atoms with Gasteiger partial charge in [-0.1, -0.05) is 87.7 Å². The van der Waals surface area contributed by atoms with Crippen molar-refractivity contribution >= 4 is 119 Å². The molecule has 3 amide bonds. The number of carbonyl (C=O) groups is 4. The number of benzene rings is 4. The molecule has 0 spiro atoms. The number of rotatable bonds is 14. The number of likely N-dealkylation sites (N-methyl/N-ethyl adjacent to an activating group) is 1. The molecular weight excluding hydrogens is 1170 g/mol. The molecule has 0 atom stereocenters. The van der Waals surface area contributed by atoms with E-state index in [-0.39, 0.29) is 40.8 Å². The molecule has 7 N–H and O–H groups in total. The Morgan fingerprint density at radius 2 is 1.19 bits per heavy atom. The molecule has 17 nitrogen and oxygen atoms in total. The molecule has 23 heteroatoms. The van der Waals surface area contributed by atoms with Gasteiger partial charge < -0.3 is 46.4 Å². The van der Waals surface area contributed by atoms with Crippen molar-refractivity contribution in [3.63, 3.8) is 0 Å². The molecule has 4 aromatic heterocycles. The Kier molecular flexibility index (Phi) is 20.6.